The third kappa shape index (κ3) is 5.33. The smallest absolute Gasteiger partial charge is 0.251 e. The maximum Gasteiger partial charge on any atom is 0.251 e. The SMILES string of the molecule is O=C(N[C@H]1C[C@@H](c2ccccc2)C1)c1ccc(CN2CCCC2=O)c(Oc2ccc(Cl)c(F)c2)c1. The van der Waals surface area contributed by atoms with Crippen LogP contribution in [-0.4, -0.2) is 29.3 Å². The highest BCUT2D eigenvalue weighted by molar-refractivity contribution is 6.30. The van der Waals surface area contributed by atoms with Crippen LogP contribution in [0.25, 0.3) is 0 Å². The lowest BCUT2D eigenvalue weighted by Crippen LogP contribution is -2.43. The molecule has 5 nitrogen and oxygen atoms in total. The van der Waals surface area contributed by atoms with Crippen molar-refractivity contribution in [3.8, 4) is 11.5 Å². The molecule has 0 bridgehead atoms. The second-order valence-corrected chi connectivity index (χ2v) is 9.58. The van der Waals surface area contributed by atoms with Gasteiger partial charge >= 0.3 is 0 Å². The summed E-state index contributed by atoms with van der Waals surface area (Å²) in [6.45, 7) is 1.05. The van der Waals surface area contributed by atoms with E-state index in [0.717, 1.165) is 24.8 Å². The van der Waals surface area contributed by atoms with E-state index in [4.69, 9.17) is 16.3 Å². The van der Waals surface area contributed by atoms with Crippen LogP contribution in [0, 0.1) is 5.82 Å². The largest absolute Gasteiger partial charge is 0.457 e. The summed E-state index contributed by atoms with van der Waals surface area (Å²) in [6.07, 6.45) is 3.16. The highest BCUT2D eigenvalue weighted by Gasteiger charge is 2.31. The summed E-state index contributed by atoms with van der Waals surface area (Å²) in [7, 11) is 0. The topological polar surface area (TPSA) is 58.6 Å². The van der Waals surface area contributed by atoms with Gasteiger partial charge in [0.2, 0.25) is 5.91 Å². The Morgan fingerprint density at radius 1 is 1.09 bits per heavy atom. The van der Waals surface area contributed by atoms with Crippen molar-refractivity contribution in [1.29, 1.82) is 0 Å². The van der Waals surface area contributed by atoms with E-state index < -0.39 is 5.82 Å². The Morgan fingerprint density at radius 3 is 2.60 bits per heavy atom. The lowest BCUT2D eigenvalue weighted by atomic mass is 9.76. The van der Waals surface area contributed by atoms with Crippen LogP contribution in [0.5, 0.6) is 11.5 Å². The first-order valence-electron chi connectivity index (χ1n) is 11.9. The van der Waals surface area contributed by atoms with Gasteiger partial charge in [0.05, 0.1) is 5.02 Å². The van der Waals surface area contributed by atoms with Gasteiger partial charge < -0.3 is 15.0 Å². The summed E-state index contributed by atoms with van der Waals surface area (Å²) >= 11 is 5.80. The monoisotopic (exact) mass is 492 g/mol. The Labute approximate surface area is 208 Å². The zero-order chi connectivity index (χ0) is 24.4. The van der Waals surface area contributed by atoms with Crippen molar-refractivity contribution in [3.63, 3.8) is 0 Å². The van der Waals surface area contributed by atoms with Crippen molar-refractivity contribution in [2.24, 2.45) is 0 Å². The molecule has 1 saturated heterocycles. The number of carbonyl (C=O) groups is 2. The molecule has 5 rings (SSSR count). The first-order valence-corrected chi connectivity index (χ1v) is 12.2. The summed E-state index contributed by atoms with van der Waals surface area (Å²) in [5.41, 5.74) is 2.50. The van der Waals surface area contributed by atoms with Gasteiger partial charge in [-0.1, -0.05) is 48.0 Å². The van der Waals surface area contributed by atoms with Crippen LogP contribution in [0.2, 0.25) is 5.02 Å². The summed E-state index contributed by atoms with van der Waals surface area (Å²) < 4.78 is 20.0. The zero-order valence-electron chi connectivity index (χ0n) is 19.2. The molecule has 0 spiro atoms. The maximum absolute atomic E-state index is 14.0. The lowest BCUT2D eigenvalue weighted by molar-refractivity contribution is -0.128. The van der Waals surface area contributed by atoms with Gasteiger partial charge in [0.25, 0.3) is 5.91 Å². The number of amides is 2. The van der Waals surface area contributed by atoms with Crippen LogP contribution >= 0.6 is 11.6 Å². The minimum Gasteiger partial charge on any atom is -0.457 e. The number of nitrogens with zero attached hydrogens (tertiary/aromatic N) is 1. The normalized spacial score (nSPS) is 19.4. The van der Waals surface area contributed by atoms with Crippen molar-refractivity contribution in [1.82, 2.24) is 10.2 Å². The van der Waals surface area contributed by atoms with Gasteiger partial charge in [0.1, 0.15) is 17.3 Å². The Kier molecular flexibility index (Phi) is 6.73. The molecule has 35 heavy (non-hydrogen) atoms. The molecule has 3 aromatic rings. The van der Waals surface area contributed by atoms with Gasteiger partial charge in [-0.3, -0.25) is 9.59 Å². The molecule has 1 heterocycles. The number of hydrogen-bond acceptors (Lipinski definition) is 3. The Hall–Kier alpha value is -3.38. The Bertz CT molecular complexity index is 1240. The fraction of sp³-hybridized carbons (Fsp3) is 0.286. The number of hydrogen-bond donors (Lipinski definition) is 1. The molecule has 1 N–H and O–H groups in total. The summed E-state index contributed by atoms with van der Waals surface area (Å²) in [4.78, 5) is 26.9. The molecular weight excluding hydrogens is 467 g/mol. The van der Waals surface area contributed by atoms with Gasteiger partial charge in [0, 0.05) is 42.7 Å². The number of nitrogens with one attached hydrogen (secondary N) is 1. The summed E-state index contributed by atoms with van der Waals surface area (Å²) in [5.74, 6) is 0.455. The van der Waals surface area contributed by atoms with Crippen LogP contribution in [-0.2, 0) is 11.3 Å². The molecule has 0 aromatic heterocycles. The van der Waals surface area contributed by atoms with E-state index in [1.165, 1.54) is 17.7 Å². The average molecular weight is 493 g/mol. The van der Waals surface area contributed by atoms with Crippen LogP contribution in [0.1, 0.15) is 53.1 Å². The molecule has 3 aromatic carbocycles. The highest BCUT2D eigenvalue weighted by atomic mass is 35.5. The molecule has 2 amide bonds. The minimum atomic E-state index is -0.590. The van der Waals surface area contributed by atoms with Gasteiger partial charge in [0.15, 0.2) is 0 Å². The number of likely N-dealkylation sites (tertiary alicyclic amines) is 1. The number of ether oxygens (including phenoxy) is 1. The van der Waals surface area contributed by atoms with Crippen molar-refractivity contribution < 1.29 is 18.7 Å². The molecule has 7 heteroatoms. The molecule has 2 fully saturated rings. The van der Waals surface area contributed by atoms with E-state index in [1.54, 1.807) is 29.2 Å². The molecule has 0 atom stereocenters. The molecule has 0 unspecified atom stereocenters. The van der Waals surface area contributed by atoms with Crippen molar-refractivity contribution >= 4 is 23.4 Å². The van der Waals surface area contributed by atoms with Crippen molar-refractivity contribution in [2.45, 2.75) is 44.2 Å². The third-order valence-corrected chi connectivity index (χ3v) is 7.03. The highest BCUT2D eigenvalue weighted by Crippen LogP contribution is 2.37. The molecular formula is C28H26ClFN2O3. The molecule has 1 saturated carbocycles. The predicted octanol–water partition coefficient (Wildman–Crippen LogP) is 6.07. The predicted molar refractivity (Wildman–Crippen MR) is 132 cm³/mol. The second kappa shape index (κ2) is 10.1. The molecule has 180 valence electrons. The van der Waals surface area contributed by atoms with Crippen molar-refractivity contribution in [3.05, 3.63) is 94.3 Å². The molecule has 2 aliphatic rings. The number of rotatable bonds is 7. The zero-order valence-corrected chi connectivity index (χ0v) is 19.9. The van der Waals surface area contributed by atoms with Crippen LogP contribution in [0.3, 0.4) is 0 Å². The molecule has 1 aliphatic heterocycles. The van der Waals surface area contributed by atoms with Crippen LogP contribution < -0.4 is 10.1 Å². The van der Waals surface area contributed by atoms with Gasteiger partial charge in [-0.2, -0.15) is 0 Å². The van der Waals surface area contributed by atoms with E-state index in [0.29, 0.717) is 36.7 Å². The average Bonchev–Trinajstić information content (AvgIpc) is 3.24. The standard InChI is InChI=1S/C28H26ClFN2O3/c29-24-11-10-23(16-25(24)30)35-26-15-19(8-9-20(26)17-32-12-4-7-27(32)33)28(34)31-22-13-21(14-22)18-5-2-1-3-6-18/h1-3,5-6,8-11,15-16,21-22H,4,7,12-14,17H2,(H,31,34)/t21-,22+. The van der Waals surface area contributed by atoms with E-state index in [-0.39, 0.29) is 28.6 Å². The van der Waals surface area contributed by atoms with Crippen molar-refractivity contribution in [2.75, 3.05) is 6.54 Å². The fourth-order valence-electron chi connectivity index (χ4n) is 4.67. The first kappa shape index (κ1) is 23.4. The van der Waals surface area contributed by atoms with Gasteiger partial charge in [-0.15, -0.1) is 0 Å². The Morgan fingerprint density at radius 2 is 1.89 bits per heavy atom. The maximum atomic E-state index is 14.0. The molecule has 0 radical (unpaired) electrons. The minimum absolute atomic E-state index is 0.00247. The summed E-state index contributed by atoms with van der Waals surface area (Å²) in [6, 6.07) is 19.8. The van der Waals surface area contributed by atoms with E-state index in [9.17, 15) is 14.0 Å². The van der Waals surface area contributed by atoms with Gasteiger partial charge in [-0.25, -0.2) is 4.39 Å². The van der Waals surface area contributed by atoms with E-state index in [1.807, 2.05) is 18.2 Å². The Balaban J connectivity index is 1.32. The lowest BCUT2D eigenvalue weighted by Gasteiger charge is -2.36. The second-order valence-electron chi connectivity index (χ2n) is 9.17. The van der Waals surface area contributed by atoms with E-state index >= 15 is 0 Å². The quantitative estimate of drug-likeness (QED) is 0.435. The number of carbonyl (C=O) groups excluding carboxylic acids is 2. The fourth-order valence-corrected chi connectivity index (χ4v) is 4.78. The van der Waals surface area contributed by atoms with Crippen LogP contribution in [0.15, 0.2) is 66.7 Å². The van der Waals surface area contributed by atoms with E-state index in [2.05, 4.69) is 17.4 Å². The number of benzene rings is 3. The van der Waals surface area contributed by atoms with Gasteiger partial charge in [-0.05, 0) is 55.0 Å². The first-order chi connectivity index (χ1) is 17.0. The number of halogens is 2. The van der Waals surface area contributed by atoms with Crippen LogP contribution in [0.4, 0.5) is 4.39 Å². The third-order valence-electron chi connectivity index (χ3n) is 6.73. The molecule has 1 aliphatic carbocycles. The summed E-state index contributed by atoms with van der Waals surface area (Å²) in [5, 5.41) is 3.11.